The van der Waals surface area contributed by atoms with Crippen molar-refractivity contribution in [1.29, 1.82) is 0 Å². The zero-order valence-electron chi connectivity index (χ0n) is 22.9. The van der Waals surface area contributed by atoms with Crippen LogP contribution < -0.4 is 26.6 Å². The third-order valence-corrected chi connectivity index (χ3v) is 8.03. The minimum absolute atomic E-state index is 0.0419. The molecule has 1 fully saturated rings. The molecule has 1 aliphatic rings. The van der Waals surface area contributed by atoms with Gasteiger partial charge in [0.25, 0.3) is 11.8 Å². The quantitative estimate of drug-likeness (QED) is 0.383. The third-order valence-electron chi connectivity index (χ3n) is 7.18. The maximum atomic E-state index is 14.3. The van der Waals surface area contributed by atoms with E-state index < -0.39 is 17.9 Å². The van der Waals surface area contributed by atoms with Gasteiger partial charge in [-0.2, -0.15) is 4.37 Å². The standard InChI is InChI=1S/C29H36N6O3S/c1-17-10-11-18(2)22(16-17)35(29(38)26-23(30)24(27(31)36)33-39-26)25(19-12-14-21(15-13-19)34(3)4)28(37)32-20-8-6-5-7-9-20/h10-16,20,25H,5-9,30H2,1-4H3,(H2,31,36)(H,32,37). The van der Waals surface area contributed by atoms with E-state index in [0.717, 1.165) is 60.5 Å². The van der Waals surface area contributed by atoms with E-state index in [1.165, 1.54) is 4.90 Å². The van der Waals surface area contributed by atoms with Gasteiger partial charge in [0.2, 0.25) is 5.91 Å². The first kappa shape index (κ1) is 28.1. The van der Waals surface area contributed by atoms with E-state index >= 15 is 0 Å². The van der Waals surface area contributed by atoms with Gasteiger partial charge in [-0.15, -0.1) is 0 Å². The van der Waals surface area contributed by atoms with Crippen LogP contribution in [0.3, 0.4) is 0 Å². The normalized spacial score (nSPS) is 14.5. The van der Waals surface area contributed by atoms with Crippen molar-refractivity contribution in [2.45, 2.75) is 58.0 Å². The number of nitrogens with two attached hydrogens (primary N) is 2. The Kier molecular flexibility index (Phi) is 8.54. The molecule has 0 spiro atoms. The van der Waals surface area contributed by atoms with Crippen molar-refractivity contribution in [2.75, 3.05) is 29.6 Å². The van der Waals surface area contributed by atoms with Crippen molar-refractivity contribution in [2.24, 2.45) is 5.73 Å². The van der Waals surface area contributed by atoms with Crippen LogP contribution in [0, 0.1) is 13.8 Å². The number of nitrogens with one attached hydrogen (secondary N) is 1. The van der Waals surface area contributed by atoms with Crippen LogP contribution in [0.1, 0.15) is 75.0 Å². The molecule has 5 N–H and O–H groups in total. The number of rotatable bonds is 8. The maximum absolute atomic E-state index is 14.3. The summed E-state index contributed by atoms with van der Waals surface area (Å²) in [6.45, 7) is 3.83. The lowest BCUT2D eigenvalue weighted by Gasteiger charge is -2.34. The lowest BCUT2D eigenvalue weighted by Crippen LogP contribution is -2.47. The smallest absolute Gasteiger partial charge is 0.273 e. The molecule has 1 aromatic heterocycles. The van der Waals surface area contributed by atoms with Gasteiger partial charge in [-0.1, -0.05) is 43.5 Å². The van der Waals surface area contributed by atoms with E-state index in [9.17, 15) is 14.4 Å². The second kappa shape index (κ2) is 11.9. The van der Waals surface area contributed by atoms with Crippen LogP contribution in [0.2, 0.25) is 0 Å². The highest BCUT2D eigenvalue weighted by Crippen LogP contribution is 2.36. The summed E-state index contributed by atoms with van der Waals surface area (Å²) in [5.74, 6) is -1.61. The second-order valence-electron chi connectivity index (χ2n) is 10.3. The molecule has 1 atom stereocenters. The molecular weight excluding hydrogens is 512 g/mol. The van der Waals surface area contributed by atoms with Crippen molar-refractivity contribution in [3.63, 3.8) is 0 Å². The maximum Gasteiger partial charge on any atom is 0.273 e. The Morgan fingerprint density at radius 3 is 2.28 bits per heavy atom. The Balaban J connectivity index is 1.88. The lowest BCUT2D eigenvalue weighted by molar-refractivity contribution is -0.123. The molecule has 0 saturated heterocycles. The Morgan fingerprint density at radius 2 is 1.69 bits per heavy atom. The zero-order chi connectivity index (χ0) is 28.3. The summed E-state index contributed by atoms with van der Waals surface area (Å²) in [6, 6.07) is 12.4. The molecule has 206 valence electrons. The van der Waals surface area contributed by atoms with Crippen LogP contribution in [-0.2, 0) is 4.79 Å². The summed E-state index contributed by atoms with van der Waals surface area (Å²) in [4.78, 5) is 43.8. The SMILES string of the molecule is Cc1ccc(C)c(N(C(=O)c2snc(C(N)=O)c2N)C(C(=O)NC2CCCCC2)c2ccc(N(C)C)cc2)c1. The van der Waals surface area contributed by atoms with Gasteiger partial charge >= 0.3 is 0 Å². The highest BCUT2D eigenvalue weighted by molar-refractivity contribution is 7.09. The van der Waals surface area contributed by atoms with Crippen LogP contribution in [0.15, 0.2) is 42.5 Å². The van der Waals surface area contributed by atoms with Gasteiger partial charge in [0.1, 0.15) is 10.9 Å². The molecule has 0 aliphatic heterocycles. The number of aromatic nitrogens is 1. The van der Waals surface area contributed by atoms with Crippen LogP contribution in [0.25, 0.3) is 0 Å². The molecule has 1 aliphatic carbocycles. The monoisotopic (exact) mass is 548 g/mol. The summed E-state index contributed by atoms with van der Waals surface area (Å²) in [5, 5.41) is 3.22. The van der Waals surface area contributed by atoms with Gasteiger partial charge in [0.05, 0.1) is 5.69 Å². The zero-order valence-corrected chi connectivity index (χ0v) is 23.7. The summed E-state index contributed by atoms with van der Waals surface area (Å²) in [6.07, 6.45) is 5.07. The molecule has 2 aromatic carbocycles. The number of primary amides is 1. The minimum atomic E-state index is -0.991. The highest BCUT2D eigenvalue weighted by atomic mass is 32.1. The lowest BCUT2D eigenvalue weighted by atomic mass is 9.94. The van der Waals surface area contributed by atoms with Gasteiger partial charge in [0.15, 0.2) is 5.69 Å². The fourth-order valence-corrected chi connectivity index (χ4v) is 5.73. The second-order valence-corrected chi connectivity index (χ2v) is 11.1. The number of nitrogen functional groups attached to an aromatic ring is 1. The van der Waals surface area contributed by atoms with Gasteiger partial charge in [0, 0.05) is 31.5 Å². The van der Waals surface area contributed by atoms with Crippen molar-refractivity contribution in [3.8, 4) is 0 Å². The van der Waals surface area contributed by atoms with E-state index in [1.807, 2.05) is 75.3 Å². The largest absolute Gasteiger partial charge is 0.395 e. The van der Waals surface area contributed by atoms with E-state index in [4.69, 9.17) is 11.5 Å². The topological polar surface area (TPSA) is 135 Å². The van der Waals surface area contributed by atoms with Crippen molar-refractivity contribution in [1.82, 2.24) is 9.69 Å². The number of carbonyl (C=O) groups is 3. The van der Waals surface area contributed by atoms with Gasteiger partial charge < -0.3 is 21.7 Å². The summed E-state index contributed by atoms with van der Waals surface area (Å²) < 4.78 is 4.04. The number of nitrogens with zero attached hydrogens (tertiary/aromatic N) is 3. The number of hydrogen-bond acceptors (Lipinski definition) is 7. The first-order valence-electron chi connectivity index (χ1n) is 13.1. The molecule has 0 radical (unpaired) electrons. The Hall–Kier alpha value is -3.92. The predicted octanol–water partition coefficient (Wildman–Crippen LogP) is 4.34. The first-order valence-corrected chi connectivity index (χ1v) is 13.9. The van der Waals surface area contributed by atoms with Crippen molar-refractivity contribution >= 4 is 46.3 Å². The number of amides is 3. The fourth-order valence-electron chi connectivity index (χ4n) is 4.98. The van der Waals surface area contributed by atoms with Crippen LogP contribution in [-0.4, -0.2) is 42.2 Å². The van der Waals surface area contributed by atoms with E-state index in [2.05, 4.69) is 9.69 Å². The number of benzene rings is 2. The Morgan fingerprint density at radius 1 is 1.03 bits per heavy atom. The fraction of sp³-hybridized carbons (Fsp3) is 0.379. The Bertz CT molecular complexity index is 1360. The summed E-state index contributed by atoms with van der Waals surface area (Å²) in [7, 11) is 3.88. The number of anilines is 3. The molecule has 3 aromatic rings. The predicted molar refractivity (Wildman–Crippen MR) is 156 cm³/mol. The molecule has 10 heteroatoms. The average Bonchev–Trinajstić information content (AvgIpc) is 3.30. The minimum Gasteiger partial charge on any atom is -0.395 e. The van der Waals surface area contributed by atoms with Crippen LogP contribution in [0.5, 0.6) is 0 Å². The third kappa shape index (κ3) is 6.06. The van der Waals surface area contributed by atoms with Gasteiger partial charge in [-0.25, -0.2) is 0 Å². The van der Waals surface area contributed by atoms with E-state index in [0.29, 0.717) is 11.3 Å². The molecule has 1 unspecified atom stereocenters. The highest BCUT2D eigenvalue weighted by Gasteiger charge is 2.37. The van der Waals surface area contributed by atoms with Gasteiger partial charge in [-0.3, -0.25) is 19.3 Å². The van der Waals surface area contributed by atoms with E-state index in [-0.39, 0.29) is 28.2 Å². The van der Waals surface area contributed by atoms with Crippen LogP contribution >= 0.6 is 11.5 Å². The van der Waals surface area contributed by atoms with Gasteiger partial charge in [-0.05, 0) is 73.1 Å². The molecule has 1 heterocycles. The molecule has 9 nitrogen and oxygen atoms in total. The van der Waals surface area contributed by atoms with E-state index in [1.54, 1.807) is 0 Å². The molecule has 39 heavy (non-hydrogen) atoms. The molecule has 0 bridgehead atoms. The molecule has 1 saturated carbocycles. The van der Waals surface area contributed by atoms with Crippen molar-refractivity contribution < 1.29 is 14.4 Å². The Labute approximate surface area is 233 Å². The summed E-state index contributed by atoms with van der Waals surface area (Å²) >= 11 is 0.807. The number of aryl methyl sites for hydroxylation is 2. The first-order chi connectivity index (χ1) is 18.6. The van der Waals surface area contributed by atoms with Crippen molar-refractivity contribution in [3.05, 3.63) is 69.7 Å². The molecule has 4 rings (SSSR count). The number of carbonyl (C=O) groups excluding carboxylic acids is 3. The molecular formula is C29H36N6O3S. The molecule has 3 amide bonds. The number of hydrogen-bond donors (Lipinski definition) is 3. The summed E-state index contributed by atoms with van der Waals surface area (Å²) in [5.41, 5.74) is 15.3. The van der Waals surface area contributed by atoms with Crippen LogP contribution in [0.4, 0.5) is 17.1 Å². The average molecular weight is 549 g/mol.